The molecular weight excluding hydrogens is 450 g/mol. The fraction of sp³-hybridized carbons (Fsp3) is 0.348. The fourth-order valence-corrected chi connectivity index (χ4v) is 6.07. The third kappa shape index (κ3) is 5.05. The van der Waals surface area contributed by atoms with Gasteiger partial charge >= 0.3 is 0 Å². The maximum absolute atomic E-state index is 13.2. The molecule has 4 rings (SSSR count). The first kappa shape index (κ1) is 22.1. The Morgan fingerprint density at radius 2 is 2.06 bits per heavy atom. The van der Waals surface area contributed by atoms with Crippen LogP contribution >= 0.6 is 34.7 Å². The highest BCUT2D eigenvalue weighted by Gasteiger charge is 2.22. The van der Waals surface area contributed by atoms with E-state index in [1.54, 1.807) is 22.0 Å². The molecule has 0 saturated carbocycles. The molecule has 0 fully saturated rings. The lowest BCUT2D eigenvalue weighted by Gasteiger charge is -2.12. The van der Waals surface area contributed by atoms with Gasteiger partial charge in [-0.1, -0.05) is 41.6 Å². The van der Waals surface area contributed by atoms with Gasteiger partial charge in [0.05, 0.1) is 11.1 Å². The minimum Gasteiger partial charge on any atom is -0.355 e. The van der Waals surface area contributed by atoms with Crippen molar-refractivity contribution in [3.63, 3.8) is 0 Å². The Labute approximate surface area is 194 Å². The van der Waals surface area contributed by atoms with Gasteiger partial charge in [-0.25, -0.2) is 4.98 Å². The number of hydrogen-bond donors (Lipinski definition) is 1. The summed E-state index contributed by atoms with van der Waals surface area (Å²) in [7, 11) is 0. The summed E-state index contributed by atoms with van der Waals surface area (Å²) in [6.45, 7) is 4.71. The normalized spacial score (nSPS) is 13.2. The Balaban J connectivity index is 1.45. The van der Waals surface area contributed by atoms with Gasteiger partial charge in [0.1, 0.15) is 4.83 Å². The number of thiophene rings is 1. The standard InChI is InChI=1S/C23H24ClN3O2S2/c1-2-13-27-22(29)20-17-5-3-4-6-18(17)31-21(20)26-23(27)30-14-19(28)25-12-11-15-7-9-16(24)10-8-15/h2,7-10H,1,3-6,11-14H2,(H,25,28). The van der Waals surface area contributed by atoms with E-state index >= 15 is 0 Å². The van der Waals surface area contributed by atoms with E-state index in [2.05, 4.69) is 11.9 Å². The first-order valence-corrected chi connectivity index (χ1v) is 12.5. The Hall–Kier alpha value is -2.09. The van der Waals surface area contributed by atoms with Gasteiger partial charge < -0.3 is 5.32 Å². The molecule has 5 nitrogen and oxygen atoms in total. The summed E-state index contributed by atoms with van der Waals surface area (Å²) in [4.78, 5) is 32.4. The van der Waals surface area contributed by atoms with Crippen LogP contribution in [-0.4, -0.2) is 27.8 Å². The number of aryl methyl sites for hydroxylation is 2. The quantitative estimate of drug-likeness (QED) is 0.294. The van der Waals surface area contributed by atoms with Crippen molar-refractivity contribution in [1.82, 2.24) is 14.9 Å². The molecule has 1 aromatic carbocycles. The maximum Gasteiger partial charge on any atom is 0.263 e. The van der Waals surface area contributed by atoms with Crippen LogP contribution in [0.25, 0.3) is 10.2 Å². The molecule has 0 saturated heterocycles. The van der Waals surface area contributed by atoms with Crippen molar-refractivity contribution in [3.8, 4) is 0 Å². The van der Waals surface area contributed by atoms with Crippen LogP contribution in [0.5, 0.6) is 0 Å². The number of allylic oxidation sites excluding steroid dienone is 1. The topological polar surface area (TPSA) is 64.0 Å². The van der Waals surface area contributed by atoms with E-state index in [0.29, 0.717) is 23.3 Å². The molecule has 3 aromatic rings. The molecule has 0 unspecified atom stereocenters. The third-order valence-corrected chi connectivity index (χ3v) is 7.75. The van der Waals surface area contributed by atoms with E-state index in [9.17, 15) is 9.59 Å². The van der Waals surface area contributed by atoms with E-state index in [4.69, 9.17) is 16.6 Å². The van der Waals surface area contributed by atoms with Gasteiger partial charge in [-0.3, -0.25) is 14.2 Å². The number of halogens is 1. The summed E-state index contributed by atoms with van der Waals surface area (Å²) in [5.41, 5.74) is 2.28. The molecule has 1 aliphatic rings. The predicted molar refractivity (Wildman–Crippen MR) is 130 cm³/mol. The Kier molecular flexibility index (Phi) is 7.15. The Morgan fingerprint density at radius 3 is 2.84 bits per heavy atom. The second-order valence-electron chi connectivity index (χ2n) is 7.50. The SMILES string of the molecule is C=CCn1c(SCC(=O)NCCc2ccc(Cl)cc2)nc2sc3c(c2c1=O)CCCC3. The summed E-state index contributed by atoms with van der Waals surface area (Å²) in [6.07, 6.45) is 6.69. The second kappa shape index (κ2) is 10.0. The molecule has 0 bridgehead atoms. The minimum atomic E-state index is -0.0797. The van der Waals surface area contributed by atoms with Crippen molar-refractivity contribution in [2.75, 3.05) is 12.3 Å². The highest BCUT2D eigenvalue weighted by molar-refractivity contribution is 7.99. The van der Waals surface area contributed by atoms with Gasteiger partial charge in [-0.15, -0.1) is 17.9 Å². The number of rotatable bonds is 8. The number of carbonyl (C=O) groups excluding carboxylic acids is 1. The zero-order chi connectivity index (χ0) is 21.8. The van der Waals surface area contributed by atoms with Crippen LogP contribution in [0, 0.1) is 0 Å². The van der Waals surface area contributed by atoms with Gasteiger partial charge in [0.25, 0.3) is 5.56 Å². The van der Waals surface area contributed by atoms with Gasteiger partial charge in [-0.2, -0.15) is 0 Å². The fourth-order valence-electron chi connectivity index (χ4n) is 3.80. The molecule has 1 N–H and O–H groups in total. The molecule has 1 aliphatic carbocycles. The smallest absolute Gasteiger partial charge is 0.263 e. The van der Waals surface area contributed by atoms with E-state index < -0.39 is 0 Å². The molecule has 0 spiro atoms. The van der Waals surface area contributed by atoms with E-state index in [1.807, 2.05) is 24.3 Å². The average Bonchev–Trinajstić information content (AvgIpc) is 3.14. The van der Waals surface area contributed by atoms with E-state index in [-0.39, 0.29) is 17.2 Å². The van der Waals surface area contributed by atoms with Crippen molar-refractivity contribution in [2.24, 2.45) is 0 Å². The number of fused-ring (bicyclic) bond motifs is 3. The van der Waals surface area contributed by atoms with Gasteiger partial charge in [0.15, 0.2) is 5.16 Å². The first-order valence-electron chi connectivity index (χ1n) is 10.4. The third-order valence-electron chi connectivity index (χ3n) is 5.33. The lowest BCUT2D eigenvalue weighted by Crippen LogP contribution is -2.28. The van der Waals surface area contributed by atoms with E-state index in [0.717, 1.165) is 41.5 Å². The number of thioether (sulfide) groups is 1. The first-order chi connectivity index (χ1) is 15.1. The highest BCUT2D eigenvalue weighted by atomic mass is 35.5. The summed E-state index contributed by atoms with van der Waals surface area (Å²) in [5, 5.41) is 4.97. The molecule has 0 atom stereocenters. The summed E-state index contributed by atoms with van der Waals surface area (Å²) in [5.74, 6) is 0.129. The highest BCUT2D eigenvalue weighted by Crippen LogP contribution is 2.34. The van der Waals surface area contributed by atoms with E-state index in [1.165, 1.54) is 28.6 Å². The van der Waals surface area contributed by atoms with Crippen molar-refractivity contribution >= 4 is 50.8 Å². The molecule has 162 valence electrons. The molecule has 1 amide bonds. The van der Waals surface area contributed by atoms with Gasteiger partial charge in [0.2, 0.25) is 5.91 Å². The van der Waals surface area contributed by atoms with Crippen molar-refractivity contribution in [3.05, 3.63) is 68.3 Å². The minimum absolute atomic E-state index is 0.0186. The Bertz CT molecular complexity index is 1170. The zero-order valence-electron chi connectivity index (χ0n) is 17.2. The number of hydrogen-bond acceptors (Lipinski definition) is 5. The summed E-state index contributed by atoms with van der Waals surface area (Å²) >= 11 is 8.83. The van der Waals surface area contributed by atoms with Crippen LogP contribution < -0.4 is 10.9 Å². The maximum atomic E-state index is 13.2. The molecule has 0 aliphatic heterocycles. The van der Waals surface area contributed by atoms with Crippen molar-refractivity contribution in [2.45, 2.75) is 43.8 Å². The largest absolute Gasteiger partial charge is 0.355 e. The lowest BCUT2D eigenvalue weighted by molar-refractivity contribution is -0.118. The van der Waals surface area contributed by atoms with Crippen LogP contribution in [0.2, 0.25) is 5.02 Å². The van der Waals surface area contributed by atoms with Crippen LogP contribution in [-0.2, 0) is 30.6 Å². The monoisotopic (exact) mass is 473 g/mol. The number of nitrogens with zero attached hydrogens (tertiary/aromatic N) is 2. The number of carbonyl (C=O) groups is 1. The van der Waals surface area contributed by atoms with Crippen LogP contribution in [0.15, 0.2) is 46.9 Å². The predicted octanol–water partition coefficient (Wildman–Crippen LogP) is 4.63. The van der Waals surface area contributed by atoms with Crippen LogP contribution in [0.3, 0.4) is 0 Å². The molecular formula is C23H24ClN3O2S2. The molecule has 8 heteroatoms. The number of benzene rings is 1. The number of nitrogens with one attached hydrogen (secondary N) is 1. The lowest BCUT2D eigenvalue weighted by atomic mass is 9.97. The zero-order valence-corrected chi connectivity index (χ0v) is 19.5. The van der Waals surface area contributed by atoms with Crippen molar-refractivity contribution < 1.29 is 4.79 Å². The Morgan fingerprint density at radius 1 is 1.29 bits per heavy atom. The van der Waals surface area contributed by atoms with Gasteiger partial charge in [-0.05, 0) is 55.4 Å². The summed E-state index contributed by atoms with van der Waals surface area (Å²) in [6, 6.07) is 7.60. The summed E-state index contributed by atoms with van der Waals surface area (Å²) < 4.78 is 1.64. The molecule has 0 radical (unpaired) electrons. The molecule has 2 aromatic heterocycles. The molecule has 31 heavy (non-hydrogen) atoms. The second-order valence-corrected chi connectivity index (χ2v) is 9.97. The number of amides is 1. The molecule has 2 heterocycles. The number of aromatic nitrogens is 2. The van der Waals surface area contributed by atoms with Crippen LogP contribution in [0.1, 0.15) is 28.8 Å². The van der Waals surface area contributed by atoms with Gasteiger partial charge in [0, 0.05) is 23.0 Å². The average molecular weight is 474 g/mol. The van der Waals surface area contributed by atoms with Crippen LogP contribution in [0.4, 0.5) is 0 Å². The van der Waals surface area contributed by atoms with Crippen molar-refractivity contribution in [1.29, 1.82) is 0 Å².